The summed E-state index contributed by atoms with van der Waals surface area (Å²) in [5.74, 6) is -0.289. The molecule has 8 heteroatoms. The molecule has 19 heavy (non-hydrogen) atoms. The second-order valence-corrected chi connectivity index (χ2v) is 7.42. The van der Waals surface area contributed by atoms with E-state index in [2.05, 4.69) is 0 Å². The Kier molecular flexibility index (Phi) is 4.46. The van der Waals surface area contributed by atoms with E-state index >= 15 is 0 Å². The average molecular weight is 305 g/mol. The lowest BCUT2D eigenvalue weighted by atomic mass is 10.3. The van der Waals surface area contributed by atoms with Gasteiger partial charge in [-0.1, -0.05) is 0 Å². The summed E-state index contributed by atoms with van der Waals surface area (Å²) in [6.07, 6.45) is 1.10. The Morgan fingerprint density at radius 3 is 2.21 bits per heavy atom. The van der Waals surface area contributed by atoms with Gasteiger partial charge in [-0.2, -0.15) is 0 Å². The van der Waals surface area contributed by atoms with Gasteiger partial charge >= 0.3 is 0 Å². The summed E-state index contributed by atoms with van der Waals surface area (Å²) in [6, 6.07) is 0. The van der Waals surface area contributed by atoms with Crippen molar-refractivity contribution in [2.75, 3.05) is 44.6 Å². The molecule has 1 aromatic heterocycles. The van der Waals surface area contributed by atoms with E-state index in [4.69, 9.17) is 5.73 Å². The molecule has 0 aromatic carbocycles. The maximum absolute atomic E-state index is 12.0. The van der Waals surface area contributed by atoms with Gasteiger partial charge in [-0.05, 0) is 6.92 Å². The fourth-order valence-electron chi connectivity index (χ4n) is 1.53. The SMILES string of the molecule is CCN(C)c1sc(C(=O)N(C)C)c(N)c1S(C)(=O)=O. The first-order chi connectivity index (χ1) is 8.61. The summed E-state index contributed by atoms with van der Waals surface area (Å²) in [5, 5.41) is 0.507. The van der Waals surface area contributed by atoms with Crippen LogP contribution < -0.4 is 10.6 Å². The number of carbonyl (C=O) groups excluding carboxylic acids is 1. The molecule has 1 heterocycles. The Labute approximate surface area is 117 Å². The van der Waals surface area contributed by atoms with Crippen molar-refractivity contribution in [1.29, 1.82) is 0 Å². The minimum atomic E-state index is -3.48. The molecule has 0 radical (unpaired) electrons. The van der Waals surface area contributed by atoms with Crippen LogP contribution in [0.3, 0.4) is 0 Å². The van der Waals surface area contributed by atoms with E-state index in [1.807, 2.05) is 6.92 Å². The van der Waals surface area contributed by atoms with Crippen molar-refractivity contribution in [1.82, 2.24) is 4.90 Å². The minimum absolute atomic E-state index is 0.0431. The number of anilines is 2. The summed E-state index contributed by atoms with van der Waals surface area (Å²) >= 11 is 1.11. The molecule has 0 bridgehead atoms. The molecule has 1 aromatic rings. The van der Waals surface area contributed by atoms with Gasteiger partial charge in [0, 0.05) is 33.9 Å². The first-order valence-corrected chi connectivity index (χ1v) is 8.37. The molecule has 0 saturated heterocycles. The molecule has 0 spiro atoms. The first-order valence-electron chi connectivity index (χ1n) is 5.66. The molecular weight excluding hydrogens is 286 g/mol. The average Bonchev–Trinajstić information content (AvgIpc) is 2.64. The highest BCUT2D eigenvalue weighted by molar-refractivity contribution is 7.91. The minimum Gasteiger partial charge on any atom is -0.396 e. The second-order valence-electron chi connectivity index (χ2n) is 4.47. The smallest absolute Gasteiger partial charge is 0.265 e. The highest BCUT2D eigenvalue weighted by Gasteiger charge is 2.29. The fourth-order valence-corrected chi connectivity index (χ4v) is 4.31. The van der Waals surface area contributed by atoms with Gasteiger partial charge in [0.25, 0.3) is 5.91 Å². The molecule has 108 valence electrons. The lowest BCUT2D eigenvalue weighted by molar-refractivity contribution is 0.0833. The van der Waals surface area contributed by atoms with Gasteiger partial charge in [-0.15, -0.1) is 11.3 Å². The third-order valence-corrected chi connectivity index (χ3v) is 5.27. The van der Waals surface area contributed by atoms with Crippen LogP contribution in [-0.4, -0.2) is 53.2 Å². The number of nitrogens with zero attached hydrogens (tertiary/aromatic N) is 2. The van der Waals surface area contributed by atoms with Crippen molar-refractivity contribution in [2.45, 2.75) is 11.8 Å². The van der Waals surface area contributed by atoms with Crippen LogP contribution in [0.2, 0.25) is 0 Å². The molecule has 0 atom stereocenters. The van der Waals surface area contributed by atoms with Crippen LogP contribution >= 0.6 is 11.3 Å². The van der Waals surface area contributed by atoms with E-state index in [0.717, 1.165) is 17.6 Å². The predicted octanol–water partition coefficient (Wildman–Crippen LogP) is 0.892. The first kappa shape index (κ1) is 15.8. The Morgan fingerprint density at radius 1 is 1.32 bits per heavy atom. The zero-order chi connectivity index (χ0) is 15.0. The number of nitrogen functional groups attached to an aromatic ring is 1. The predicted molar refractivity (Wildman–Crippen MR) is 78.8 cm³/mol. The van der Waals surface area contributed by atoms with Crippen LogP contribution in [0, 0.1) is 0 Å². The van der Waals surface area contributed by atoms with E-state index in [0.29, 0.717) is 11.5 Å². The quantitative estimate of drug-likeness (QED) is 0.893. The van der Waals surface area contributed by atoms with Gasteiger partial charge in [0.2, 0.25) is 0 Å². The maximum Gasteiger partial charge on any atom is 0.265 e. The third kappa shape index (κ3) is 3.01. The second kappa shape index (κ2) is 5.38. The summed E-state index contributed by atoms with van der Waals surface area (Å²) in [6.45, 7) is 2.52. The van der Waals surface area contributed by atoms with Gasteiger partial charge in [0.05, 0.1) is 5.69 Å². The highest BCUT2D eigenvalue weighted by atomic mass is 32.2. The maximum atomic E-state index is 12.0. The number of hydrogen-bond acceptors (Lipinski definition) is 6. The molecule has 0 aliphatic rings. The Bertz CT molecular complexity index is 591. The van der Waals surface area contributed by atoms with E-state index in [-0.39, 0.29) is 21.4 Å². The number of nitrogens with two attached hydrogens (primary N) is 1. The monoisotopic (exact) mass is 305 g/mol. The zero-order valence-corrected chi connectivity index (χ0v) is 13.4. The van der Waals surface area contributed by atoms with Crippen LogP contribution in [0.25, 0.3) is 0 Å². The normalized spacial score (nSPS) is 11.4. The van der Waals surface area contributed by atoms with Gasteiger partial charge in [0.1, 0.15) is 14.8 Å². The largest absolute Gasteiger partial charge is 0.396 e. The Balaban J connectivity index is 3.57. The van der Waals surface area contributed by atoms with E-state index in [1.54, 1.807) is 26.0 Å². The van der Waals surface area contributed by atoms with Crippen LogP contribution in [0.1, 0.15) is 16.6 Å². The van der Waals surface area contributed by atoms with Crippen molar-refractivity contribution in [3.05, 3.63) is 4.88 Å². The summed E-state index contributed by atoms with van der Waals surface area (Å²) in [7, 11) is 1.49. The Morgan fingerprint density at radius 2 is 1.84 bits per heavy atom. The van der Waals surface area contributed by atoms with Gasteiger partial charge < -0.3 is 15.5 Å². The highest BCUT2D eigenvalue weighted by Crippen LogP contribution is 2.41. The number of carbonyl (C=O) groups is 1. The summed E-state index contributed by atoms with van der Waals surface area (Å²) < 4.78 is 23.8. The summed E-state index contributed by atoms with van der Waals surface area (Å²) in [4.78, 5) is 15.5. The number of amides is 1. The van der Waals surface area contributed by atoms with E-state index < -0.39 is 9.84 Å². The van der Waals surface area contributed by atoms with Gasteiger partial charge in [0.15, 0.2) is 9.84 Å². The van der Waals surface area contributed by atoms with Crippen LogP contribution in [0.15, 0.2) is 4.90 Å². The fraction of sp³-hybridized carbons (Fsp3) is 0.545. The number of hydrogen-bond donors (Lipinski definition) is 1. The molecule has 0 saturated carbocycles. The van der Waals surface area contributed by atoms with Crippen LogP contribution in [-0.2, 0) is 9.84 Å². The van der Waals surface area contributed by atoms with Gasteiger partial charge in [-0.3, -0.25) is 4.79 Å². The molecule has 0 aliphatic heterocycles. The number of rotatable bonds is 4. The molecule has 6 nitrogen and oxygen atoms in total. The molecular formula is C11H19N3O3S2. The van der Waals surface area contributed by atoms with Crippen LogP contribution in [0.4, 0.5) is 10.7 Å². The van der Waals surface area contributed by atoms with E-state index in [9.17, 15) is 13.2 Å². The lowest BCUT2D eigenvalue weighted by Gasteiger charge is -2.15. The van der Waals surface area contributed by atoms with E-state index in [1.165, 1.54) is 4.90 Å². The molecule has 1 rings (SSSR count). The molecule has 0 unspecified atom stereocenters. The lowest BCUT2D eigenvalue weighted by Crippen LogP contribution is -2.21. The standard InChI is InChI=1S/C11H19N3O3S2/c1-6-14(4)11-9(19(5,16)17)7(12)8(18-11)10(15)13(2)3/h6,12H2,1-5H3. The van der Waals surface area contributed by atoms with Gasteiger partial charge in [-0.25, -0.2) is 8.42 Å². The Hall–Kier alpha value is -1.28. The van der Waals surface area contributed by atoms with Crippen LogP contribution in [0.5, 0.6) is 0 Å². The summed E-state index contributed by atoms with van der Waals surface area (Å²) in [5.41, 5.74) is 5.92. The molecule has 2 N–H and O–H groups in total. The topological polar surface area (TPSA) is 83.7 Å². The molecule has 1 amide bonds. The van der Waals surface area contributed by atoms with Crippen molar-refractivity contribution in [3.63, 3.8) is 0 Å². The number of thiophene rings is 1. The van der Waals surface area contributed by atoms with Crippen molar-refractivity contribution in [2.24, 2.45) is 0 Å². The third-order valence-electron chi connectivity index (χ3n) is 2.67. The molecule has 0 fully saturated rings. The van der Waals surface area contributed by atoms with Crippen molar-refractivity contribution < 1.29 is 13.2 Å². The number of sulfone groups is 1. The molecule has 0 aliphatic carbocycles. The zero-order valence-electron chi connectivity index (χ0n) is 11.7. The van der Waals surface area contributed by atoms with Crippen molar-refractivity contribution in [3.8, 4) is 0 Å². The van der Waals surface area contributed by atoms with Crippen molar-refractivity contribution >= 4 is 37.8 Å².